The van der Waals surface area contributed by atoms with Gasteiger partial charge in [0.1, 0.15) is 0 Å². The molecule has 1 rings (SSSR count). The van der Waals surface area contributed by atoms with Gasteiger partial charge in [-0.15, -0.1) is 0 Å². The van der Waals surface area contributed by atoms with Crippen LogP contribution in [-0.2, 0) is 4.79 Å². The van der Waals surface area contributed by atoms with Gasteiger partial charge in [0.2, 0.25) is 0 Å². The van der Waals surface area contributed by atoms with Crippen LogP contribution in [0, 0.1) is 10.8 Å². The molecule has 0 spiro atoms. The Kier molecular flexibility index (Phi) is 2.24. The van der Waals surface area contributed by atoms with Gasteiger partial charge in [0.05, 0.1) is 11.5 Å². The minimum atomic E-state index is -1.08. The maximum atomic E-state index is 11.1. The molecule has 1 aliphatic rings. The Bertz CT molecular complexity index is 255. The summed E-state index contributed by atoms with van der Waals surface area (Å²) >= 11 is 0. The van der Waals surface area contributed by atoms with Crippen LogP contribution in [0.4, 0.5) is 0 Å². The lowest BCUT2D eigenvalue weighted by atomic mass is 9.59. The van der Waals surface area contributed by atoms with Crippen LogP contribution in [0.5, 0.6) is 0 Å². The molecular weight excluding hydrogens is 168 g/mol. The van der Waals surface area contributed by atoms with Gasteiger partial charge in [-0.3, -0.25) is 4.79 Å². The molecule has 2 N–H and O–H groups in total. The maximum Gasteiger partial charge on any atom is 0.312 e. The average Bonchev–Trinajstić information content (AvgIpc) is 1.99. The highest BCUT2D eigenvalue weighted by Gasteiger charge is 2.52. The number of aliphatic hydroxyl groups excluding tert-OH is 1. The van der Waals surface area contributed by atoms with E-state index < -0.39 is 22.9 Å². The predicted molar refractivity (Wildman–Crippen MR) is 49.3 cm³/mol. The van der Waals surface area contributed by atoms with E-state index in [4.69, 9.17) is 5.11 Å². The maximum absolute atomic E-state index is 11.1. The zero-order valence-corrected chi connectivity index (χ0v) is 8.24. The molecule has 0 aromatic carbocycles. The summed E-state index contributed by atoms with van der Waals surface area (Å²) in [6.45, 7) is 5.34. The van der Waals surface area contributed by atoms with Gasteiger partial charge in [0, 0.05) is 0 Å². The van der Waals surface area contributed by atoms with Crippen molar-refractivity contribution in [3.8, 4) is 0 Å². The molecule has 74 valence electrons. The van der Waals surface area contributed by atoms with E-state index in [1.165, 1.54) is 0 Å². The first-order valence-electron chi connectivity index (χ1n) is 4.40. The minimum absolute atomic E-state index is 0.410. The molecule has 0 amide bonds. The number of hydrogen-bond acceptors (Lipinski definition) is 2. The van der Waals surface area contributed by atoms with Crippen molar-refractivity contribution in [1.82, 2.24) is 0 Å². The van der Waals surface area contributed by atoms with E-state index in [-0.39, 0.29) is 0 Å². The quantitative estimate of drug-likeness (QED) is 0.606. The first-order valence-corrected chi connectivity index (χ1v) is 4.40. The van der Waals surface area contributed by atoms with Crippen molar-refractivity contribution < 1.29 is 15.0 Å². The second-order valence-electron chi connectivity index (χ2n) is 4.47. The first kappa shape index (κ1) is 10.3. The number of carboxylic acids is 1. The Morgan fingerprint density at radius 2 is 2.00 bits per heavy atom. The van der Waals surface area contributed by atoms with Gasteiger partial charge >= 0.3 is 5.97 Å². The molecule has 13 heavy (non-hydrogen) atoms. The molecule has 0 aromatic rings. The summed E-state index contributed by atoms with van der Waals surface area (Å²) < 4.78 is 0. The summed E-state index contributed by atoms with van der Waals surface area (Å²) in [4.78, 5) is 11.1. The third-order valence-corrected chi connectivity index (χ3v) is 3.39. The van der Waals surface area contributed by atoms with Crippen LogP contribution in [0.1, 0.15) is 27.2 Å². The van der Waals surface area contributed by atoms with Gasteiger partial charge in [-0.25, -0.2) is 0 Å². The molecule has 0 bridgehead atoms. The average molecular weight is 184 g/mol. The highest BCUT2D eigenvalue weighted by atomic mass is 16.4. The molecule has 0 radical (unpaired) electrons. The van der Waals surface area contributed by atoms with Crippen molar-refractivity contribution in [2.24, 2.45) is 10.8 Å². The summed E-state index contributed by atoms with van der Waals surface area (Å²) in [5.41, 5.74) is -1.49. The minimum Gasteiger partial charge on any atom is -0.481 e. The van der Waals surface area contributed by atoms with Gasteiger partial charge in [0.25, 0.3) is 0 Å². The van der Waals surface area contributed by atoms with Gasteiger partial charge < -0.3 is 10.2 Å². The number of carboxylic acid groups (broad SMARTS) is 1. The number of rotatable bonds is 1. The standard InChI is InChI=1S/C10H16O3/c1-9(2)6-4-5-7(11)10(9,3)8(12)13/h4-5,7,11H,6H2,1-3H3,(H,12,13)/t7-,10+/m1/s1. The Morgan fingerprint density at radius 1 is 1.46 bits per heavy atom. The third kappa shape index (κ3) is 1.27. The van der Waals surface area contributed by atoms with Crippen molar-refractivity contribution in [3.05, 3.63) is 12.2 Å². The van der Waals surface area contributed by atoms with Crippen LogP contribution in [0.15, 0.2) is 12.2 Å². The zero-order chi connectivity index (χ0) is 10.3. The number of aliphatic hydroxyl groups is 1. The lowest BCUT2D eigenvalue weighted by Crippen LogP contribution is -2.51. The van der Waals surface area contributed by atoms with Gasteiger partial charge in [0.15, 0.2) is 0 Å². The number of allylic oxidation sites excluding steroid dienone is 1. The van der Waals surface area contributed by atoms with E-state index in [0.717, 1.165) is 0 Å². The van der Waals surface area contributed by atoms with Gasteiger partial charge in [-0.2, -0.15) is 0 Å². The summed E-state index contributed by atoms with van der Waals surface area (Å²) in [7, 11) is 0. The van der Waals surface area contributed by atoms with Gasteiger partial charge in [-0.05, 0) is 18.8 Å². The Balaban J connectivity index is 3.16. The second kappa shape index (κ2) is 2.84. The predicted octanol–water partition coefficient (Wildman–Crippen LogP) is 1.42. The summed E-state index contributed by atoms with van der Waals surface area (Å²) in [6, 6.07) is 0. The highest BCUT2D eigenvalue weighted by molar-refractivity contribution is 5.77. The van der Waals surface area contributed by atoms with Crippen LogP contribution >= 0.6 is 0 Å². The Labute approximate surface area is 78.1 Å². The zero-order valence-electron chi connectivity index (χ0n) is 8.24. The van der Waals surface area contributed by atoms with E-state index in [0.29, 0.717) is 6.42 Å². The fourth-order valence-corrected chi connectivity index (χ4v) is 1.71. The summed E-state index contributed by atoms with van der Waals surface area (Å²) in [5.74, 6) is -0.936. The molecule has 0 aliphatic heterocycles. The molecule has 3 nitrogen and oxygen atoms in total. The molecule has 0 heterocycles. The summed E-state index contributed by atoms with van der Waals surface area (Å²) in [6.07, 6.45) is 3.20. The van der Waals surface area contributed by atoms with Gasteiger partial charge in [-0.1, -0.05) is 26.0 Å². The number of aliphatic carboxylic acids is 1. The molecule has 0 aromatic heterocycles. The van der Waals surface area contributed by atoms with Crippen molar-refractivity contribution in [2.45, 2.75) is 33.3 Å². The molecule has 2 atom stereocenters. The molecular formula is C10H16O3. The van der Waals surface area contributed by atoms with Crippen LogP contribution in [0.25, 0.3) is 0 Å². The fourth-order valence-electron chi connectivity index (χ4n) is 1.71. The van der Waals surface area contributed by atoms with Crippen molar-refractivity contribution in [3.63, 3.8) is 0 Å². The SMILES string of the molecule is CC1(C)CC=C[C@@H](O)[C@@]1(C)C(=O)O. The summed E-state index contributed by atoms with van der Waals surface area (Å²) in [5, 5.41) is 18.8. The van der Waals surface area contributed by atoms with Crippen molar-refractivity contribution >= 4 is 5.97 Å². The first-order chi connectivity index (χ1) is 5.82. The third-order valence-electron chi connectivity index (χ3n) is 3.39. The van der Waals surface area contributed by atoms with Crippen LogP contribution in [-0.4, -0.2) is 22.3 Å². The van der Waals surface area contributed by atoms with Crippen LogP contribution < -0.4 is 0 Å². The van der Waals surface area contributed by atoms with E-state index >= 15 is 0 Å². The molecule has 0 saturated heterocycles. The lowest BCUT2D eigenvalue weighted by molar-refractivity contribution is -0.164. The van der Waals surface area contributed by atoms with E-state index in [1.807, 2.05) is 19.9 Å². The van der Waals surface area contributed by atoms with Crippen molar-refractivity contribution in [1.29, 1.82) is 0 Å². The largest absolute Gasteiger partial charge is 0.481 e. The van der Waals surface area contributed by atoms with E-state index in [2.05, 4.69) is 0 Å². The Morgan fingerprint density at radius 3 is 2.31 bits per heavy atom. The monoisotopic (exact) mass is 184 g/mol. The number of hydrogen-bond donors (Lipinski definition) is 2. The Hall–Kier alpha value is -0.830. The van der Waals surface area contributed by atoms with Crippen LogP contribution in [0.3, 0.4) is 0 Å². The van der Waals surface area contributed by atoms with E-state index in [1.54, 1.807) is 13.0 Å². The molecule has 1 aliphatic carbocycles. The number of carbonyl (C=O) groups is 1. The second-order valence-corrected chi connectivity index (χ2v) is 4.47. The molecule has 0 saturated carbocycles. The topological polar surface area (TPSA) is 57.5 Å². The fraction of sp³-hybridized carbons (Fsp3) is 0.700. The normalized spacial score (nSPS) is 37.4. The van der Waals surface area contributed by atoms with Crippen molar-refractivity contribution in [2.75, 3.05) is 0 Å². The molecule has 3 heteroatoms. The van der Waals surface area contributed by atoms with E-state index in [9.17, 15) is 9.90 Å². The molecule has 0 unspecified atom stereocenters. The molecule has 0 fully saturated rings. The lowest BCUT2D eigenvalue weighted by Gasteiger charge is -2.45. The smallest absolute Gasteiger partial charge is 0.312 e. The highest BCUT2D eigenvalue weighted by Crippen LogP contribution is 2.47. The van der Waals surface area contributed by atoms with Crippen LogP contribution in [0.2, 0.25) is 0 Å².